The van der Waals surface area contributed by atoms with Crippen molar-refractivity contribution in [2.24, 2.45) is 11.8 Å². The minimum absolute atomic E-state index is 0.128. The van der Waals surface area contributed by atoms with Crippen molar-refractivity contribution in [1.82, 2.24) is 5.32 Å². The fourth-order valence-corrected chi connectivity index (χ4v) is 2.82. The van der Waals surface area contributed by atoms with Crippen LogP contribution in [0.2, 0.25) is 0 Å². The number of carboxylic acids is 1. The summed E-state index contributed by atoms with van der Waals surface area (Å²) in [5, 5.41) is 12.1. The van der Waals surface area contributed by atoms with Crippen molar-refractivity contribution in [3.8, 4) is 0 Å². The highest BCUT2D eigenvalue weighted by Gasteiger charge is 2.33. The Hall–Kier alpha value is -2.10. The lowest BCUT2D eigenvalue weighted by Gasteiger charge is -2.24. The second kappa shape index (κ2) is 8.37. The highest BCUT2D eigenvalue weighted by Crippen LogP contribution is 2.25. The summed E-state index contributed by atoms with van der Waals surface area (Å²) in [5.74, 6) is -2.03. The number of benzene rings is 1. The molecule has 0 unspecified atom stereocenters. The number of allylic oxidation sites excluding steroid dienone is 2. The van der Waals surface area contributed by atoms with Crippen molar-refractivity contribution >= 4 is 11.9 Å². The van der Waals surface area contributed by atoms with E-state index in [0.29, 0.717) is 19.4 Å². The standard InChI is InChI=1S/C18H23NO3/c20-17(15-11-4-5-12-16(15)18(21)22)19-13-7-6-10-14-8-2-1-3-9-14/h1-5,8-9,15-16H,6-7,10-13H2,(H,19,20)(H,21,22)/t15-,16-/m1/s1. The first kappa shape index (κ1) is 16.3. The van der Waals surface area contributed by atoms with Gasteiger partial charge in [-0.05, 0) is 37.7 Å². The summed E-state index contributed by atoms with van der Waals surface area (Å²) in [4.78, 5) is 23.3. The highest BCUT2D eigenvalue weighted by atomic mass is 16.4. The second-order valence-electron chi connectivity index (χ2n) is 5.73. The van der Waals surface area contributed by atoms with Gasteiger partial charge in [-0.15, -0.1) is 0 Å². The SMILES string of the molecule is O=C(O)[C@@H]1CC=CC[C@H]1C(=O)NCCCCc1ccccc1. The van der Waals surface area contributed by atoms with Crippen LogP contribution >= 0.6 is 0 Å². The summed E-state index contributed by atoms with van der Waals surface area (Å²) in [6.45, 7) is 0.609. The van der Waals surface area contributed by atoms with Crippen molar-refractivity contribution in [1.29, 1.82) is 0 Å². The summed E-state index contributed by atoms with van der Waals surface area (Å²) in [5.41, 5.74) is 1.30. The molecule has 0 spiro atoms. The van der Waals surface area contributed by atoms with E-state index in [1.54, 1.807) is 0 Å². The third kappa shape index (κ3) is 4.72. The molecule has 1 aromatic carbocycles. The number of carbonyl (C=O) groups excluding carboxylic acids is 1. The number of hydrogen-bond donors (Lipinski definition) is 2. The highest BCUT2D eigenvalue weighted by molar-refractivity contribution is 5.85. The topological polar surface area (TPSA) is 66.4 Å². The Morgan fingerprint density at radius 1 is 1.05 bits per heavy atom. The van der Waals surface area contributed by atoms with Gasteiger partial charge in [0.1, 0.15) is 0 Å². The van der Waals surface area contributed by atoms with Gasteiger partial charge in [0, 0.05) is 6.54 Å². The Kier molecular flexibility index (Phi) is 6.19. The van der Waals surface area contributed by atoms with E-state index in [0.717, 1.165) is 19.3 Å². The maximum absolute atomic E-state index is 12.1. The van der Waals surface area contributed by atoms with Crippen molar-refractivity contribution in [3.05, 3.63) is 48.0 Å². The van der Waals surface area contributed by atoms with Gasteiger partial charge < -0.3 is 10.4 Å². The zero-order valence-electron chi connectivity index (χ0n) is 12.7. The quantitative estimate of drug-likeness (QED) is 0.601. The van der Waals surface area contributed by atoms with Gasteiger partial charge in [0.05, 0.1) is 11.8 Å². The van der Waals surface area contributed by atoms with E-state index in [2.05, 4.69) is 17.4 Å². The first-order valence-corrected chi connectivity index (χ1v) is 7.88. The summed E-state index contributed by atoms with van der Waals surface area (Å²) < 4.78 is 0. The molecule has 0 saturated carbocycles. The molecule has 0 heterocycles. The fourth-order valence-electron chi connectivity index (χ4n) is 2.82. The lowest BCUT2D eigenvalue weighted by Crippen LogP contribution is -2.39. The molecule has 1 aliphatic carbocycles. The van der Waals surface area contributed by atoms with Crippen molar-refractivity contribution < 1.29 is 14.7 Å². The van der Waals surface area contributed by atoms with E-state index >= 15 is 0 Å². The molecule has 22 heavy (non-hydrogen) atoms. The smallest absolute Gasteiger partial charge is 0.307 e. The summed E-state index contributed by atoms with van der Waals surface area (Å²) in [7, 11) is 0. The predicted octanol–water partition coefficient (Wildman–Crippen LogP) is 2.79. The van der Waals surface area contributed by atoms with Crippen molar-refractivity contribution in [3.63, 3.8) is 0 Å². The van der Waals surface area contributed by atoms with Crippen molar-refractivity contribution in [2.45, 2.75) is 32.1 Å². The Labute approximate surface area is 131 Å². The monoisotopic (exact) mass is 301 g/mol. The zero-order valence-corrected chi connectivity index (χ0v) is 12.7. The molecule has 0 aromatic heterocycles. The molecular weight excluding hydrogens is 278 g/mol. The molecule has 4 nitrogen and oxygen atoms in total. The predicted molar refractivity (Wildman–Crippen MR) is 85.4 cm³/mol. The number of aliphatic carboxylic acids is 1. The van der Waals surface area contributed by atoms with Gasteiger partial charge >= 0.3 is 5.97 Å². The number of rotatable bonds is 7. The maximum Gasteiger partial charge on any atom is 0.307 e. The van der Waals surface area contributed by atoms with Crippen LogP contribution in [-0.4, -0.2) is 23.5 Å². The first-order chi connectivity index (χ1) is 10.7. The Morgan fingerprint density at radius 3 is 2.41 bits per heavy atom. The van der Waals surface area contributed by atoms with E-state index in [4.69, 9.17) is 0 Å². The van der Waals surface area contributed by atoms with Gasteiger partial charge in [-0.3, -0.25) is 9.59 Å². The van der Waals surface area contributed by atoms with Crippen LogP contribution in [0.15, 0.2) is 42.5 Å². The van der Waals surface area contributed by atoms with Crippen LogP contribution in [0.4, 0.5) is 0 Å². The molecule has 1 aliphatic rings. The molecule has 0 radical (unpaired) electrons. The fraction of sp³-hybridized carbons (Fsp3) is 0.444. The number of nitrogens with one attached hydrogen (secondary N) is 1. The summed E-state index contributed by atoms with van der Waals surface area (Å²) >= 11 is 0. The Bertz CT molecular complexity index is 524. The minimum Gasteiger partial charge on any atom is -0.481 e. The number of carbonyl (C=O) groups is 2. The Morgan fingerprint density at radius 2 is 1.73 bits per heavy atom. The first-order valence-electron chi connectivity index (χ1n) is 7.88. The molecule has 1 amide bonds. The van der Waals surface area contributed by atoms with Gasteiger partial charge in [0.15, 0.2) is 0 Å². The minimum atomic E-state index is -0.881. The van der Waals surface area contributed by atoms with Crippen LogP contribution in [0.1, 0.15) is 31.2 Å². The molecule has 0 fully saturated rings. The molecule has 0 bridgehead atoms. The van der Waals surface area contributed by atoms with Gasteiger partial charge in [-0.1, -0.05) is 42.5 Å². The van der Waals surface area contributed by atoms with Crippen LogP contribution in [-0.2, 0) is 16.0 Å². The third-order valence-corrected chi connectivity index (χ3v) is 4.12. The van der Waals surface area contributed by atoms with E-state index in [1.165, 1.54) is 5.56 Å². The van der Waals surface area contributed by atoms with E-state index in [-0.39, 0.29) is 5.91 Å². The maximum atomic E-state index is 12.1. The molecule has 1 aromatic rings. The van der Waals surface area contributed by atoms with Crippen LogP contribution in [0.25, 0.3) is 0 Å². The molecule has 2 N–H and O–H groups in total. The van der Waals surface area contributed by atoms with Crippen LogP contribution in [0.5, 0.6) is 0 Å². The van der Waals surface area contributed by atoms with Crippen LogP contribution < -0.4 is 5.32 Å². The molecule has 118 valence electrons. The second-order valence-corrected chi connectivity index (χ2v) is 5.73. The van der Waals surface area contributed by atoms with E-state index in [9.17, 15) is 14.7 Å². The average Bonchev–Trinajstić information content (AvgIpc) is 2.55. The normalized spacial score (nSPS) is 20.5. The number of carboxylic acid groups (broad SMARTS) is 1. The van der Waals surface area contributed by atoms with Gasteiger partial charge in [-0.25, -0.2) is 0 Å². The number of amides is 1. The molecule has 0 aliphatic heterocycles. The van der Waals surface area contributed by atoms with Crippen molar-refractivity contribution in [2.75, 3.05) is 6.54 Å². The molecule has 2 atom stereocenters. The lowest BCUT2D eigenvalue weighted by atomic mass is 9.82. The number of aryl methyl sites for hydroxylation is 1. The largest absolute Gasteiger partial charge is 0.481 e. The van der Waals surface area contributed by atoms with Crippen LogP contribution in [0, 0.1) is 11.8 Å². The van der Waals surface area contributed by atoms with E-state index < -0.39 is 17.8 Å². The molecule has 0 saturated heterocycles. The summed E-state index contributed by atoms with van der Waals surface area (Å²) in [6.07, 6.45) is 7.63. The van der Waals surface area contributed by atoms with Gasteiger partial charge in [0.25, 0.3) is 0 Å². The summed E-state index contributed by atoms with van der Waals surface area (Å²) in [6, 6.07) is 10.3. The number of unbranched alkanes of at least 4 members (excludes halogenated alkanes) is 1. The van der Waals surface area contributed by atoms with Crippen LogP contribution in [0.3, 0.4) is 0 Å². The molecular formula is C18H23NO3. The Balaban J connectivity index is 1.69. The number of hydrogen-bond acceptors (Lipinski definition) is 2. The molecule has 2 rings (SSSR count). The average molecular weight is 301 g/mol. The van der Waals surface area contributed by atoms with Gasteiger partial charge in [0.2, 0.25) is 5.91 Å². The lowest BCUT2D eigenvalue weighted by molar-refractivity contribution is -0.147. The van der Waals surface area contributed by atoms with E-state index in [1.807, 2.05) is 30.4 Å². The zero-order chi connectivity index (χ0) is 15.8. The third-order valence-electron chi connectivity index (χ3n) is 4.12. The molecule has 4 heteroatoms. The van der Waals surface area contributed by atoms with Gasteiger partial charge in [-0.2, -0.15) is 0 Å².